The lowest BCUT2D eigenvalue weighted by Gasteiger charge is -2.36. The zero-order valence-corrected chi connectivity index (χ0v) is 15.3. The van der Waals surface area contributed by atoms with Gasteiger partial charge in [-0.25, -0.2) is 0 Å². The van der Waals surface area contributed by atoms with E-state index in [4.69, 9.17) is 33.7 Å². The van der Waals surface area contributed by atoms with Gasteiger partial charge in [0, 0.05) is 32.7 Å². The Balaban J connectivity index is 1.57. The molecule has 1 aromatic rings. The smallest absolute Gasteiger partial charge is 0.255 e. The molecule has 2 atom stereocenters. The van der Waals surface area contributed by atoms with Gasteiger partial charge < -0.3 is 20.3 Å². The van der Waals surface area contributed by atoms with Crippen molar-refractivity contribution in [2.24, 2.45) is 5.73 Å². The average molecular weight is 386 g/mol. The lowest BCUT2D eigenvalue weighted by molar-refractivity contribution is -0.144. The van der Waals surface area contributed by atoms with Gasteiger partial charge in [0.15, 0.2) is 0 Å². The summed E-state index contributed by atoms with van der Waals surface area (Å²) in [6, 6.07) is 5.01. The number of halogens is 2. The van der Waals surface area contributed by atoms with Crippen LogP contribution in [0, 0.1) is 0 Å². The number of hydrogen-bond acceptors (Lipinski definition) is 4. The molecule has 6 nitrogen and oxygen atoms in total. The van der Waals surface area contributed by atoms with E-state index in [1.807, 2.05) is 0 Å². The first-order valence-corrected chi connectivity index (χ1v) is 9.14. The Morgan fingerprint density at radius 2 is 1.80 bits per heavy atom. The molecule has 0 bridgehead atoms. The summed E-state index contributed by atoms with van der Waals surface area (Å²) in [5.74, 6) is -0.177. The molecule has 2 heterocycles. The number of hydrogen-bond donors (Lipinski definition) is 1. The van der Waals surface area contributed by atoms with Crippen molar-refractivity contribution in [2.75, 3.05) is 32.7 Å². The zero-order valence-electron chi connectivity index (χ0n) is 13.8. The summed E-state index contributed by atoms with van der Waals surface area (Å²) in [6.45, 7) is 2.32. The maximum absolute atomic E-state index is 12.6. The molecule has 8 heteroatoms. The zero-order chi connectivity index (χ0) is 18.0. The van der Waals surface area contributed by atoms with Crippen molar-refractivity contribution in [3.63, 3.8) is 0 Å². The molecule has 2 aliphatic heterocycles. The van der Waals surface area contributed by atoms with E-state index in [-0.39, 0.29) is 22.9 Å². The number of nitrogens with zero attached hydrogens (tertiary/aromatic N) is 2. The van der Waals surface area contributed by atoms with Crippen molar-refractivity contribution in [1.29, 1.82) is 0 Å². The molecule has 2 saturated heterocycles. The lowest BCUT2D eigenvalue weighted by Crippen LogP contribution is -2.53. The van der Waals surface area contributed by atoms with Gasteiger partial charge in [-0.1, -0.05) is 29.3 Å². The Kier molecular flexibility index (Phi) is 5.84. The third kappa shape index (κ3) is 3.92. The molecule has 0 aromatic heterocycles. The monoisotopic (exact) mass is 385 g/mol. The Morgan fingerprint density at radius 3 is 2.44 bits per heavy atom. The standard InChI is InChI=1S/C17H21Cl2N3O3/c18-13-3-1-2-12(15(13)19)16(23)21-6-8-22(9-7-21)17(24)14-5-4-11(10-20)25-14/h1-3,11,14H,4-10,20H2/t11-,14+/m1/s1. The number of carbonyl (C=O) groups excluding carboxylic acids is 2. The molecule has 0 unspecified atom stereocenters. The second kappa shape index (κ2) is 7.91. The van der Waals surface area contributed by atoms with Crippen LogP contribution in [0.2, 0.25) is 10.0 Å². The van der Waals surface area contributed by atoms with Crippen molar-refractivity contribution in [3.8, 4) is 0 Å². The Morgan fingerprint density at radius 1 is 1.12 bits per heavy atom. The number of amides is 2. The first-order valence-electron chi connectivity index (χ1n) is 8.39. The Bertz CT molecular complexity index is 663. The molecular weight excluding hydrogens is 365 g/mol. The molecular formula is C17H21Cl2N3O3. The Labute approximate surface area is 156 Å². The highest BCUT2D eigenvalue weighted by Gasteiger charge is 2.35. The fourth-order valence-corrected chi connectivity index (χ4v) is 3.61. The molecule has 0 aliphatic carbocycles. The van der Waals surface area contributed by atoms with Crippen molar-refractivity contribution < 1.29 is 14.3 Å². The van der Waals surface area contributed by atoms with E-state index in [2.05, 4.69) is 0 Å². The molecule has 2 N–H and O–H groups in total. The summed E-state index contributed by atoms with van der Waals surface area (Å²) in [7, 11) is 0. The van der Waals surface area contributed by atoms with Gasteiger partial charge in [-0.3, -0.25) is 9.59 Å². The van der Waals surface area contributed by atoms with Gasteiger partial charge in [-0.05, 0) is 25.0 Å². The van der Waals surface area contributed by atoms with E-state index < -0.39 is 6.10 Å². The van der Waals surface area contributed by atoms with Crippen molar-refractivity contribution >= 4 is 35.0 Å². The van der Waals surface area contributed by atoms with E-state index in [9.17, 15) is 9.59 Å². The normalized spacial score (nSPS) is 23.8. The fraction of sp³-hybridized carbons (Fsp3) is 0.529. The quantitative estimate of drug-likeness (QED) is 0.860. The number of ether oxygens (including phenoxy) is 1. The molecule has 136 valence electrons. The van der Waals surface area contributed by atoms with Crippen LogP contribution in [0.4, 0.5) is 0 Å². The van der Waals surface area contributed by atoms with E-state index in [1.54, 1.807) is 28.0 Å². The average Bonchev–Trinajstić information content (AvgIpc) is 3.12. The SMILES string of the molecule is NC[C@H]1CC[C@@H](C(=O)N2CCN(C(=O)c3cccc(Cl)c3Cl)CC2)O1. The second-order valence-corrected chi connectivity index (χ2v) is 7.06. The highest BCUT2D eigenvalue weighted by atomic mass is 35.5. The molecule has 0 saturated carbocycles. The largest absolute Gasteiger partial charge is 0.364 e. The highest BCUT2D eigenvalue weighted by molar-refractivity contribution is 6.43. The van der Waals surface area contributed by atoms with Crippen LogP contribution in [0.5, 0.6) is 0 Å². The topological polar surface area (TPSA) is 75.9 Å². The van der Waals surface area contributed by atoms with Crippen molar-refractivity contribution in [1.82, 2.24) is 9.80 Å². The van der Waals surface area contributed by atoms with E-state index >= 15 is 0 Å². The van der Waals surface area contributed by atoms with Crippen LogP contribution >= 0.6 is 23.2 Å². The minimum absolute atomic E-state index is 0.0103. The first kappa shape index (κ1) is 18.5. The number of benzene rings is 1. The van der Waals surface area contributed by atoms with Crippen LogP contribution in [-0.2, 0) is 9.53 Å². The van der Waals surface area contributed by atoms with Crippen LogP contribution in [0.25, 0.3) is 0 Å². The number of piperazine rings is 1. The summed E-state index contributed by atoms with van der Waals surface area (Å²) < 4.78 is 5.67. The minimum Gasteiger partial charge on any atom is -0.364 e. The summed E-state index contributed by atoms with van der Waals surface area (Å²) in [5, 5.41) is 0.619. The van der Waals surface area contributed by atoms with Crippen molar-refractivity contribution in [2.45, 2.75) is 25.0 Å². The van der Waals surface area contributed by atoms with Gasteiger partial charge in [0.25, 0.3) is 11.8 Å². The third-order valence-electron chi connectivity index (χ3n) is 4.71. The molecule has 3 rings (SSSR count). The highest BCUT2D eigenvalue weighted by Crippen LogP contribution is 2.27. The first-order chi connectivity index (χ1) is 12.0. The second-order valence-electron chi connectivity index (χ2n) is 6.28. The van der Waals surface area contributed by atoms with Crippen LogP contribution in [0.3, 0.4) is 0 Å². The minimum atomic E-state index is -0.404. The van der Waals surface area contributed by atoms with Crippen LogP contribution in [0.1, 0.15) is 23.2 Å². The number of nitrogens with two attached hydrogens (primary N) is 1. The lowest BCUT2D eigenvalue weighted by atomic mass is 10.1. The van der Waals surface area contributed by atoms with Crippen molar-refractivity contribution in [3.05, 3.63) is 33.8 Å². The molecule has 25 heavy (non-hydrogen) atoms. The predicted molar refractivity (Wildman–Crippen MR) is 95.9 cm³/mol. The summed E-state index contributed by atoms with van der Waals surface area (Å²) in [4.78, 5) is 28.6. The predicted octanol–water partition coefficient (Wildman–Crippen LogP) is 1.78. The van der Waals surface area contributed by atoms with Gasteiger partial charge in [0.2, 0.25) is 0 Å². The molecule has 0 radical (unpaired) electrons. The maximum Gasteiger partial charge on any atom is 0.255 e. The van der Waals surface area contributed by atoms with Gasteiger partial charge in [-0.2, -0.15) is 0 Å². The molecule has 2 aliphatic rings. The summed E-state index contributed by atoms with van der Waals surface area (Å²) in [5.41, 5.74) is 5.98. The van der Waals surface area contributed by atoms with Gasteiger partial charge in [0.1, 0.15) is 6.10 Å². The number of carbonyl (C=O) groups is 2. The van der Waals surface area contributed by atoms with E-state index in [1.165, 1.54) is 0 Å². The third-order valence-corrected chi connectivity index (χ3v) is 5.53. The van der Waals surface area contributed by atoms with Crippen LogP contribution < -0.4 is 5.73 Å². The molecule has 1 aromatic carbocycles. The Hall–Kier alpha value is -1.34. The van der Waals surface area contributed by atoms with Gasteiger partial charge in [-0.15, -0.1) is 0 Å². The van der Waals surface area contributed by atoms with Crippen LogP contribution in [-0.4, -0.2) is 66.5 Å². The fourth-order valence-electron chi connectivity index (χ4n) is 3.23. The molecule has 2 fully saturated rings. The summed E-state index contributed by atoms with van der Waals surface area (Å²) >= 11 is 12.1. The van der Waals surface area contributed by atoms with Crippen LogP contribution in [0.15, 0.2) is 18.2 Å². The number of rotatable bonds is 3. The molecule has 2 amide bonds. The van der Waals surface area contributed by atoms with E-state index in [0.717, 1.165) is 6.42 Å². The summed E-state index contributed by atoms with van der Waals surface area (Å²) in [6.07, 6.45) is 1.09. The van der Waals surface area contributed by atoms with Gasteiger partial charge in [0.05, 0.1) is 21.7 Å². The molecule has 0 spiro atoms. The van der Waals surface area contributed by atoms with E-state index in [0.29, 0.717) is 49.7 Å². The maximum atomic E-state index is 12.6. The van der Waals surface area contributed by atoms with Gasteiger partial charge >= 0.3 is 0 Å².